The van der Waals surface area contributed by atoms with Gasteiger partial charge in [0.05, 0.1) is 19.3 Å². The molecule has 5 heteroatoms. The summed E-state index contributed by atoms with van der Waals surface area (Å²) in [5.74, 6) is 0.866. The quantitative estimate of drug-likeness (QED) is 0.768. The summed E-state index contributed by atoms with van der Waals surface area (Å²) in [7, 11) is 1.67. The van der Waals surface area contributed by atoms with Crippen LogP contribution in [-0.4, -0.2) is 28.6 Å². The molecule has 0 aliphatic rings. The molecule has 0 atom stereocenters. The fraction of sp³-hybridized carbons (Fsp3) is 0.429. The van der Waals surface area contributed by atoms with Crippen molar-refractivity contribution in [3.8, 4) is 5.75 Å². The van der Waals surface area contributed by atoms with Crippen molar-refractivity contribution in [2.24, 2.45) is 5.73 Å². The van der Waals surface area contributed by atoms with Crippen molar-refractivity contribution >= 4 is 0 Å². The van der Waals surface area contributed by atoms with Crippen LogP contribution in [0.5, 0.6) is 5.75 Å². The summed E-state index contributed by atoms with van der Waals surface area (Å²) < 4.78 is 6.99. The van der Waals surface area contributed by atoms with Gasteiger partial charge in [0.15, 0.2) is 0 Å². The lowest BCUT2D eigenvalue weighted by atomic mass is 10.2. The summed E-state index contributed by atoms with van der Waals surface area (Å²) in [5, 5.41) is 8.30. The molecule has 0 fully saturated rings. The fourth-order valence-corrected chi connectivity index (χ4v) is 1.90. The summed E-state index contributed by atoms with van der Waals surface area (Å²) in [6.07, 6.45) is 5.05. The minimum absolute atomic E-state index is 0.730. The molecule has 1 aromatic heterocycles. The zero-order valence-corrected chi connectivity index (χ0v) is 11.2. The minimum atomic E-state index is 0.730. The van der Waals surface area contributed by atoms with E-state index in [1.54, 1.807) is 7.11 Å². The van der Waals surface area contributed by atoms with Crippen molar-refractivity contribution in [3.63, 3.8) is 0 Å². The molecule has 2 rings (SSSR count). The van der Waals surface area contributed by atoms with E-state index in [1.807, 2.05) is 35.1 Å². The number of ether oxygens (including phenoxy) is 1. The number of aryl methyl sites for hydroxylation is 1. The molecule has 5 nitrogen and oxygen atoms in total. The number of unbranched alkanes of at least 4 members (excludes halogenated alkanes) is 1. The zero-order valence-electron chi connectivity index (χ0n) is 11.2. The van der Waals surface area contributed by atoms with Gasteiger partial charge in [0.1, 0.15) is 5.75 Å². The van der Waals surface area contributed by atoms with E-state index in [-0.39, 0.29) is 0 Å². The van der Waals surface area contributed by atoms with Crippen LogP contribution in [-0.2, 0) is 13.0 Å². The molecule has 102 valence electrons. The van der Waals surface area contributed by atoms with Crippen LogP contribution >= 0.6 is 0 Å². The van der Waals surface area contributed by atoms with Gasteiger partial charge < -0.3 is 10.5 Å². The molecular weight excluding hydrogens is 240 g/mol. The number of nitrogens with two attached hydrogens (primary N) is 1. The summed E-state index contributed by atoms with van der Waals surface area (Å²) in [6, 6.07) is 7.98. The average molecular weight is 260 g/mol. The maximum Gasteiger partial charge on any atom is 0.118 e. The van der Waals surface area contributed by atoms with Gasteiger partial charge >= 0.3 is 0 Å². The van der Waals surface area contributed by atoms with Gasteiger partial charge in [-0.1, -0.05) is 17.3 Å². The second kappa shape index (κ2) is 6.89. The van der Waals surface area contributed by atoms with E-state index in [1.165, 1.54) is 5.56 Å². The highest BCUT2D eigenvalue weighted by Crippen LogP contribution is 2.12. The number of methoxy groups -OCH3 is 1. The van der Waals surface area contributed by atoms with E-state index in [0.717, 1.165) is 43.8 Å². The minimum Gasteiger partial charge on any atom is -0.497 e. The van der Waals surface area contributed by atoms with Gasteiger partial charge in [0.2, 0.25) is 0 Å². The Hall–Kier alpha value is -1.88. The van der Waals surface area contributed by atoms with Gasteiger partial charge in [-0.15, -0.1) is 5.10 Å². The van der Waals surface area contributed by atoms with Crippen LogP contribution in [0.3, 0.4) is 0 Å². The molecule has 0 saturated carbocycles. The average Bonchev–Trinajstić information content (AvgIpc) is 2.88. The third-order valence-electron chi connectivity index (χ3n) is 2.98. The van der Waals surface area contributed by atoms with Gasteiger partial charge in [-0.3, -0.25) is 0 Å². The van der Waals surface area contributed by atoms with Crippen LogP contribution in [0.4, 0.5) is 0 Å². The highest BCUT2D eigenvalue weighted by Gasteiger charge is 2.02. The second-order valence-corrected chi connectivity index (χ2v) is 4.50. The maximum atomic E-state index is 5.47. The molecule has 0 radical (unpaired) electrons. The van der Waals surface area contributed by atoms with Crippen LogP contribution in [0.25, 0.3) is 0 Å². The summed E-state index contributed by atoms with van der Waals surface area (Å²) in [5.41, 5.74) is 7.68. The van der Waals surface area contributed by atoms with E-state index in [4.69, 9.17) is 10.5 Å². The molecule has 0 spiro atoms. The predicted octanol–water partition coefficient (Wildman–Crippen LogP) is 1.62. The van der Waals surface area contributed by atoms with Gasteiger partial charge in [-0.05, 0) is 43.5 Å². The first-order chi connectivity index (χ1) is 9.31. The lowest BCUT2D eigenvalue weighted by molar-refractivity contribution is 0.414. The largest absolute Gasteiger partial charge is 0.497 e. The molecule has 0 aliphatic carbocycles. The van der Waals surface area contributed by atoms with Gasteiger partial charge in [0, 0.05) is 6.20 Å². The third-order valence-corrected chi connectivity index (χ3v) is 2.98. The Labute approximate surface area is 113 Å². The Morgan fingerprint density at radius 1 is 1.21 bits per heavy atom. The fourth-order valence-electron chi connectivity index (χ4n) is 1.90. The van der Waals surface area contributed by atoms with Crippen molar-refractivity contribution in [2.75, 3.05) is 13.7 Å². The standard InChI is InChI=1S/C14H20N4O/c1-19-14-7-5-12(6-8-14)10-18-11-13(16-17-18)4-2-3-9-15/h5-8,11H,2-4,9-10,15H2,1H3. The van der Waals surface area contributed by atoms with E-state index < -0.39 is 0 Å². The smallest absolute Gasteiger partial charge is 0.118 e. The normalized spacial score (nSPS) is 10.6. The Bertz CT molecular complexity index is 492. The van der Waals surface area contributed by atoms with E-state index >= 15 is 0 Å². The number of hydrogen-bond donors (Lipinski definition) is 1. The van der Waals surface area contributed by atoms with Crippen LogP contribution in [0.2, 0.25) is 0 Å². The lowest BCUT2D eigenvalue weighted by Gasteiger charge is -2.03. The molecule has 0 saturated heterocycles. The van der Waals surface area contributed by atoms with E-state index in [9.17, 15) is 0 Å². The molecule has 0 aliphatic heterocycles. The van der Waals surface area contributed by atoms with E-state index in [0.29, 0.717) is 0 Å². The maximum absolute atomic E-state index is 5.47. The highest BCUT2D eigenvalue weighted by molar-refractivity contribution is 5.27. The molecule has 19 heavy (non-hydrogen) atoms. The molecule has 0 amide bonds. The highest BCUT2D eigenvalue weighted by atomic mass is 16.5. The van der Waals surface area contributed by atoms with Crippen LogP contribution in [0, 0.1) is 0 Å². The number of benzene rings is 1. The number of rotatable bonds is 7. The Balaban J connectivity index is 1.91. The molecular formula is C14H20N4O. The predicted molar refractivity (Wildman–Crippen MR) is 74.1 cm³/mol. The number of aromatic nitrogens is 3. The van der Waals surface area contributed by atoms with Crippen molar-refractivity contribution in [2.45, 2.75) is 25.8 Å². The molecule has 2 aromatic rings. The van der Waals surface area contributed by atoms with Gasteiger partial charge in [-0.25, -0.2) is 4.68 Å². The zero-order chi connectivity index (χ0) is 13.5. The van der Waals surface area contributed by atoms with Crippen molar-refractivity contribution in [1.29, 1.82) is 0 Å². The molecule has 0 bridgehead atoms. The van der Waals surface area contributed by atoms with Gasteiger partial charge in [-0.2, -0.15) is 0 Å². The van der Waals surface area contributed by atoms with Crippen molar-refractivity contribution < 1.29 is 4.74 Å². The Morgan fingerprint density at radius 3 is 2.68 bits per heavy atom. The molecule has 2 N–H and O–H groups in total. The SMILES string of the molecule is COc1ccc(Cn2cc(CCCCN)nn2)cc1. The summed E-state index contributed by atoms with van der Waals surface area (Å²) in [6.45, 7) is 1.47. The topological polar surface area (TPSA) is 66.0 Å². The first-order valence-electron chi connectivity index (χ1n) is 6.54. The molecule has 0 unspecified atom stereocenters. The van der Waals surface area contributed by atoms with Crippen LogP contribution in [0.1, 0.15) is 24.1 Å². The Kier molecular flexibility index (Phi) is 4.92. The lowest BCUT2D eigenvalue weighted by Crippen LogP contribution is -2.00. The first-order valence-corrected chi connectivity index (χ1v) is 6.54. The van der Waals surface area contributed by atoms with Crippen molar-refractivity contribution in [3.05, 3.63) is 41.7 Å². The Morgan fingerprint density at radius 2 is 2.00 bits per heavy atom. The van der Waals surface area contributed by atoms with E-state index in [2.05, 4.69) is 10.3 Å². The molecule has 1 aromatic carbocycles. The monoisotopic (exact) mass is 260 g/mol. The molecule has 1 heterocycles. The van der Waals surface area contributed by atoms with Gasteiger partial charge in [0.25, 0.3) is 0 Å². The number of nitrogens with zero attached hydrogens (tertiary/aromatic N) is 3. The first kappa shape index (κ1) is 13.5. The third kappa shape index (κ3) is 4.06. The van der Waals surface area contributed by atoms with Crippen LogP contribution in [0.15, 0.2) is 30.5 Å². The van der Waals surface area contributed by atoms with Crippen molar-refractivity contribution in [1.82, 2.24) is 15.0 Å². The summed E-state index contributed by atoms with van der Waals surface area (Å²) >= 11 is 0. The second-order valence-electron chi connectivity index (χ2n) is 4.50. The summed E-state index contributed by atoms with van der Waals surface area (Å²) in [4.78, 5) is 0. The number of hydrogen-bond acceptors (Lipinski definition) is 4. The van der Waals surface area contributed by atoms with Crippen LogP contribution < -0.4 is 10.5 Å².